The Hall–Kier alpha value is -3.32. The fourth-order valence-electron chi connectivity index (χ4n) is 6.88. The monoisotopic (exact) mass is 555 g/mol. The zero-order valence-electron chi connectivity index (χ0n) is 24.0. The minimum Gasteiger partial charge on any atom is -0.351 e. The number of likely N-dealkylation sites (tertiary alicyclic amines) is 2. The molecule has 7 heteroatoms. The summed E-state index contributed by atoms with van der Waals surface area (Å²) in [4.78, 5) is 26.9. The van der Waals surface area contributed by atoms with Crippen molar-refractivity contribution in [2.24, 2.45) is 11.8 Å². The van der Waals surface area contributed by atoms with E-state index in [1.807, 2.05) is 54.6 Å². The minimum atomic E-state index is -0.435. The van der Waals surface area contributed by atoms with Crippen molar-refractivity contribution in [3.05, 3.63) is 66.6 Å². The number of anilines is 1. The van der Waals surface area contributed by atoms with Crippen LogP contribution in [-0.4, -0.2) is 64.4 Å². The smallest absolute Gasteiger partial charge is 0.225 e. The van der Waals surface area contributed by atoms with Crippen LogP contribution in [0.5, 0.6) is 0 Å². The summed E-state index contributed by atoms with van der Waals surface area (Å²) in [6.45, 7) is 5.54. The number of rotatable bonds is 7. The first kappa shape index (κ1) is 27.8. The van der Waals surface area contributed by atoms with Crippen molar-refractivity contribution in [2.75, 3.05) is 38.0 Å². The second-order valence-corrected chi connectivity index (χ2v) is 12.2. The Morgan fingerprint density at radius 1 is 0.829 bits per heavy atom. The summed E-state index contributed by atoms with van der Waals surface area (Å²) < 4.78 is 14.8. The van der Waals surface area contributed by atoms with Crippen molar-refractivity contribution in [1.82, 2.24) is 19.8 Å². The number of halogens is 1. The molecule has 1 amide bonds. The first-order valence-electron chi connectivity index (χ1n) is 15.6. The zero-order chi connectivity index (χ0) is 28.0. The van der Waals surface area contributed by atoms with E-state index >= 15 is 0 Å². The fraction of sp³-hybridized carbons (Fsp3) is 0.500. The molecule has 0 bridgehead atoms. The Morgan fingerprint density at radius 3 is 2.29 bits per heavy atom. The van der Waals surface area contributed by atoms with Gasteiger partial charge in [0.2, 0.25) is 11.9 Å². The molecule has 3 fully saturated rings. The minimum absolute atomic E-state index is 0.108. The molecule has 1 aromatic heterocycles. The van der Waals surface area contributed by atoms with Gasteiger partial charge < -0.3 is 15.1 Å². The summed E-state index contributed by atoms with van der Waals surface area (Å²) in [6.07, 6.45) is 11.1. The van der Waals surface area contributed by atoms with Gasteiger partial charge in [-0.1, -0.05) is 55.0 Å². The van der Waals surface area contributed by atoms with Crippen LogP contribution in [0, 0.1) is 17.7 Å². The summed E-state index contributed by atoms with van der Waals surface area (Å²) in [5, 5.41) is 3.43. The molecule has 41 heavy (non-hydrogen) atoms. The number of hydrogen-bond donors (Lipinski definition) is 1. The van der Waals surface area contributed by atoms with Gasteiger partial charge in [-0.2, -0.15) is 0 Å². The van der Waals surface area contributed by atoms with E-state index in [0.29, 0.717) is 17.5 Å². The van der Waals surface area contributed by atoms with Gasteiger partial charge in [0.1, 0.15) is 5.69 Å². The molecular formula is C34H42FN5O. The van der Waals surface area contributed by atoms with Gasteiger partial charge in [-0.05, 0) is 87.6 Å². The normalized spacial score (nSPS) is 22.4. The maximum absolute atomic E-state index is 14.8. The molecule has 3 aliphatic rings. The van der Waals surface area contributed by atoms with Crippen LogP contribution in [0.2, 0.25) is 0 Å². The Morgan fingerprint density at radius 2 is 1.54 bits per heavy atom. The van der Waals surface area contributed by atoms with E-state index in [0.717, 1.165) is 74.2 Å². The van der Waals surface area contributed by atoms with Gasteiger partial charge in [0, 0.05) is 37.2 Å². The maximum Gasteiger partial charge on any atom is 0.225 e. The van der Waals surface area contributed by atoms with E-state index in [1.165, 1.54) is 45.1 Å². The predicted octanol–water partition coefficient (Wildman–Crippen LogP) is 6.64. The van der Waals surface area contributed by atoms with Gasteiger partial charge in [-0.25, -0.2) is 14.4 Å². The lowest BCUT2D eigenvalue weighted by atomic mass is 9.84. The van der Waals surface area contributed by atoms with Gasteiger partial charge in [0.25, 0.3) is 0 Å². The highest BCUT2D eigenvalue weighted by molar-refractivity contribution is 5.79. The molecule has 6 nitrogen and oxygen atoms in total. The van der Waals surface area contributed by atoms with Crippen LogP contribution in [0.25, 0.3) is 22.4 Å². The number of nitrogens with one attached hydrogen (secondary N) is 1. The molecule has 1 N–H and O–H groups in total. The zero-order valence-corrected chi connectivity index (χ0v) is 24.0. The molecule has 3 heterocycles. The predicted molar refractivity (Wildman–Crippen MR) is 162 cm³/mol. The van der Waals surface area contributed by atoms with Gasteiger partial charge in [0.05, 0.1) is 6.20 Å². The average molecular weight is 556 g/mol. The van der Waals surface area contributed by atoms with E-state index in [4.69, 9.17) is 0 Å². The maximum atomic E-state index is 14.8. The van der Waals surface area contributed by atoms with Crippen LogP contribution >= 0.6 is 0 Å². The fourth-order valence-corrected chi connectivity index (χ4v) is 6.88. The van der Waals surface area contributed by atoms with E-state index in [-0.39, 0.29) is 12.0 Å². The Balaban J connectivity index is 1.01. The molecule has 1 saturated carbocycles. The van der Waals surface area contributed by atoms with Gasteiger partial charge in [0.15, 0.2) is 5.82 Å². The van der Waals surface area contributed by atoms with Crippen LogP contribution in [0.1, 0.15) is 57.8 Å². The number of aromatic nitrogens is 2. The van der Waals surface area contributed by atoms with Crippen LogP contribution in [0.15, 0.2) is 60.8 Å². The highest BCUT2D eigenvalue weighted by Gasteiger charge is 2.32. The Labute approximate surface area is 243 Å². The van der Waals surface area contributed by atoms with Crippen molar-refractivity contribution in [3.63, 3.8) is 0 Å². The number of benzene rings is 2. The van der Waals surface area contributed by atoms with E-state index in [2.05, 4.69) is 25.1 Å². The first-order chi connectivity index (χ1) is 20.1. The lowest BCUT2D eigenvalue weighted by molar-refractivity contribution is -0.138. The van der Waals surface area contributed by atoms with E-state index in [9.17, 15) is 9.18 Å². The lowest BCUT2D eigenvalue weighted by Gasteiger charge is -2.38. The molecular weight excluding hydrogens is 513 g/mol. The molecule has 2 aromatic carbocycles. The molecule has 2 saturated heterocycles. The highest BCUT2D eigenvalue weighted by atomic mass is 19.1. The molecule has 3 aromatic rings. The summed E-state index contributed by atoms with van der Waals surface area (Å²) in [5.41, 5.74) is 3.12. The molecule has 2 aliphatic heterocycles. The number of amides is 1. The van der Waals surface area contributed by atoms with Crippen LogP contribution < -0.4 is 5.32 Å². The molecule has 0 radical (unpaired) electrons. The second kappa shape index (κ2) is 13.1. The summed E-state index contributed by atoms with van der Waals surface area (Å²) in [7, 11) is 0. The Kier molecular flexibility index (Phi) is 8.90. The average Bonchev–Trinajstić information content (AvgIpc) is 3.03. The summed E-state index contributed by atoms with van der Waals surface area (Å²) in [6, 6.07) is 18.1. The van der Waals surface area contributed by atoms with Crippen LogP contribution in [0.4, 0.5) is 10.3 Å². The SMILES string of the molecule is O=C(C1CCC(Nc2ncc(F)c(-c3cccc(-c4ccccc4)c3)n2)CC1)N1CCC(CN2CCCCC2)CC1. The van der Waals surface area contributed by atoms with Crippen LogP contribution in [-0.2, 0) is 4.79 Å². The highest BCUT2D eigenvalue weighted by Crippen LogP contribution is 2.31. The third-order valence-electron chi connectivity index (χ3n) is 9.29. The van der Waals surface area contributed by atoms with Gasteiger partial charge >= 0.3 is 0 Å². The number of carbonyl (C=O) groups is 1. The Bertz CT molecular complexity index is 1300. The van der Waals surface area contributed by atoms with Gasteiger partial charge in [-0.3, -0.25) is 4.79 Å². The van der Waals surface area contributed by atoms with Crippen molar-refractivity contribution < 1.29 is 9.18 Å². The van der Waals surface area contributed by atoms with Crippen molar-refractivity contribution >= 4 is 11.9 Å². The molecule has 1 aliphatic carbocycles. The number of carbonyl (C=O) groups excluding carboxylic acids is 1. The van der Waals surface area contributed by atoms with Crippen molar-refractivity contribution in [1.29, 1.82) is 0 Å². The standard InChI is InChI=1S/C34H42FN5O/c35-31-23-36-34(38-32(31)29-11-7-10-28(22-29)26-8-3-1-4-9-26)37-30-14-12-27(13-15-30)33(41)40-20-16-25(17-21-40)24-39-18-5-2-6-19-39/h1,3-4,7-11,22-23,25,27,30H,2,5-6,12-21,24H2,(H,36,37,38). The quantitative estimate of drug-likeness (QED) is 0.354. The second-order valence-electron chi connectivity index (χ2n) is 12.2. The third-order valence-corrected chi connectivity index (χ3v) is 9.29. The number of piperidine rings is 2. The first-order valence-corrected chi connectivity index (χ1v) is 15.6. The third kappa shape index (κ3) is 6.95. The van der Waals surface area contributed by atoms with Crippen LogP contribution in [0.3, 0.4) is 0 Å². The largest absolute Gasteiger partial charge is 0.351 e. The summed E-state index contributed by atoms with van der Waals surface area (Å²) >= 11 is 0. The van der Waals surface area contributed by atoms with Gasteiger partial charge in [-0.15, -0.1) is 0 Å². The van der Waals surface area contributed by atoms with Crippen molar-refractivity contribution in [2.45, 2.75) is 63.8 Å². The molecule has 0 spiro atoms. The molecule has 0 unspecified atom stereocenters. The van der Waals surface area contributed by atoms with E-state index < -0.39 is 5.82 Å². The molecule has 6 rings (SSSR count). The topological polar surface area (TPSA) is 61.4 Å². The lowest BCUT2D eigenvalue weighted by Crippen LogP contribution is -2.45. The van der Waals surface area contributed by atoms with E-state index in [1.54, 1.807) is 0 Å². The number of nitrogens with zero attached hydrogens (tertiary/aromatic N) is 4. The molecule has 216 valence electrons. The summed E-state index contributed by atoms with van der Waals surface area (Å²) in [5.74, 6) is 1.20. The molecule has 0 atom stereocenters. The number of hydrogen-bond acceptors (Lipinski definition) is 5. The van der Waals surface area contributed by atoms with Crippen molar-refractivity contribution in [3.8, 4) is 22.4 Å².